The normalized spacial score (nSPS) is 17.4. The van der Waals surface area contributed by atoms with Crippen LogP contribution in [-0.2, 0) is 11.3 Å². The van der Waals surface area contributed by atoms with Crippen LogP contribution in [-0.4, -0.2) is 47.1 Å². The van der Waals surface area contributed by atoms with Gasteiger partial charge in [-0.05, 0) is 43.5 Å². The summed E-state index contributed by atoms with van der Waals surface area (Å²) in [5.41, 5.74) is 9.24. The number of nitrogens with two attached hydrogens (primary N) is 1. The molecule has 9 nitrogen and oxygen atoms in total. The number of hydrogen-bond donors (Lipinski definition) is 3. The molecule has 0 atom stereocenters. The van der Waals surface area contributed by atoms with Crippen LogP contribution in [0.4, 0.5) is 22.1 Å². The van der Waals surface area contributed by atoms with E-state index in [1.165, 1.54) is 0 Å². The molecular formula is C27H29Cl2N7O2. The number of nitrogens with zero attached hydrogens (tertiary/aromatic N) is 4. The van der Waals surface area contributed by atoms with Crippen molar-refractivity contribution in [1.29, 1.82) is 0 Å². The van der Waals surface area contributed by atoms with Crippen LogP contribution in [0.1, 0.15) is 31.7 Å². The molecule has 38 heavy (non-hydrogen) atoms. The Bertz CT molecular complexity index is 1380. The number of benzene rings is 2. The number of hydrogen-bond acceptors (Lipinski definition) is 7. The molecule has 0 bridgehead atoms. The number of imide groups is 1. The third-order valence-corrected chi connectivity index (χ3v) is 8.00. The van der Waals surface area contributed by atoms with Crippen LogP contribution in [0, 0.1) is 0 Å². The SMILES string of the molecule is CC1(NCc2cccc(N3CCC(=O)NC3=O)c2)CCN(c2cnc(-c3cccc(Cl)c3Cl)c(N)n2)CC1. The Balaban J connectivity index is 1.20. The van der Waals surface area contributed by atoms with Crippen molar-refractivity contribution in [1.82, 2.24) is 20.6 Å². The molecule has 0 spiro atoms. The van der Waals surface area contributed by atoms with E-state index in [2.05, 4.69) is 32.4 Å². The Morgan fingerprint density at radius 3 is 2.61 bits per heavy atom. The first kappa shape index (κ1) is 26.2. The second-order valence-corrected chi connectivity index (χ2v) is 10.7. The molecule has 2 aromatic carbocycles. The Hall–Kier alpha value is -3.40. The largest absolute Gasteiger partial charge is 0.382 e. The molecule has 0 unspecified atom stereocenters. The number of aromatic nitrogens is 2. The van der Waals surface area contributed by atoms with E-state index in [1.807, 2.05) is 30.3 Å². The van der Waals surface area contributed by atoms with E-state index >= 15 is 0 Å². The smallest absolute Gasteiger partial charge is 0.328 e. The molecule has 0 radical (unpaired) electrons. The first-order valence-corrected chi connectivity index (χ1v) is 13.3. The van der Waals surface area contributed by atoms with Crippen LogP contribution in [0.15, 0.2) is 48.7 Å². The number of anilines is 3. The topological polar surface area (TPSA) is 116 Å². The summed E-state index contributed by atoms with van der Waals surface area (Å²) < 4.78 is 0. The highest BCUT2D eigenvalue weighted by molar-refractivity contribution is 6.43. The summed E-state index contributed by atoms with van der Waals surface area (Å²) in [6.45, 7) is 4.88. The van der Waals surface area contributed by atoms with Gasteiger partial charge in [-0.15, -0.1) is 0 Å². The average Bonchev–Trinajstić information content (AvgIpc) is 2.90. The minimum Gasteiger partial charge on any atom is -0.382 e. The Morgan fingerprint density at radius 1 is 1.11 bits per heavy atom. The number of piperidine rings is 1. The summed E-state index contributed by atoms with van der Waals surface area (Å²) in [6.07, 6.45) is 3.85. The van der Waals surface area contributed by atoms with Crippen molar-refractivity contribution in [2.75, 3.05) is 35.2 Å². The quantitative estimate of drug-likeness (QED) is 0.407. The molecule has 2 aliphatic rings. The summed E-state index contributed by atoms with van der Waals surface area (Å²) in [6, 6.07) is 12.8. The second-order valence-electron chi connectivity index (χ2n) is 9.89. The first-order chi connectivity index (χ1) is 18.2. The zero-order valence-electron chi connectivity index (χ0n) is 21.0. The molecule has 5 rings (SSSR count). The van der Waals surface area contributed by atoms with Crippen LogP contribution in [0.2, 0.25) is 10.0 Å². The Labute approximate surface area is 231 Å². The third kappa shape index (κ3) is 5.55. The summed E-state index contributed by atoms with van der Waals surface area (Å²) in [7, 11) is 0. The maximum absolute atomic E-state index is 12.2. The van der Waals surface area contributed by atoms with Crippen LogP contribution < -0.4 is 26.2 Å². The standard InChI is InChI=1S/C27H29Cl2N7O2/c1-27(32-15-17-4-2-5-18(14-17)36-11-8-22(37)34-26(36)38)9-12-35(13-10-27)21-16-31-24(25(30)33-21)19-6-3-7-20(28)23(19)29/h2-7,14,16,32H,8-13,15H2,1H3,(H2,30,33)(H,34,37,38). The van der Waals surface area contributed by atoms with Crippen LogP contribution in [0.25, 0.3) is 11.3 Å². The lowest BCUT2D eigenvalue weighted by atomic mass is 9.89. The fourth-order valence-electron chi connectivity index (χ4n) is 4.81. The first-order valence-electron chi connectivity index (χ1n) is 12.5. The third-order valence-electron chi connectivity index (χ3n) is 7.18. The van der Waals surface area contributed by atoms with Gasteiger partial charge in [-0.25, -0.2) is 14.8 Å². The molecule has 3 amide bonds. The van der Waals surface area contributed by atoms with Gasteiger partial charge in [0.2, 0.25) is 5.91 Å². The summed E-state index contributed by atoms with van der Waals surface area (Å²) in [5.74, 6) is 0.806. The van der Waals surface area contributed by atoms with Crippen molar-refractivity contribution in [3.63, 3.8) is 0 Å². The maximum Gasteiger partial charge on any atom is 0.328 e. The molecule has 2 saturated heterocycles. The number of amides is 3. The molecule has 0 saturated carbocycles. The lowest BCUT2D eigenvalue weighted by molar-refractivity contribution is -0.120. The van der Waals surface area contributed by atoms with Crippen molar-refractivity contribution in [2.24, 2.45) is 0 Å². The van der Waals surface area contributed by atoms with Crippen molar-refractivity contribution < 1.29 is 9.59 Å². The van der Waals surface area contributed by atoms with Gasteiger partial charge in [0.1, 0.15) is 11.5 Å². The van der Waals surface area contributed by atoms with Crippen molar-refractivity contribution in [3.8, 4) is 11.3 Å². The number of urea groups is 1. The van der Waals surface area contributed by atoms with Crippen molar-refractivity contribution in [3.05, 3.63) is 64.3 Å². The Morgan fingerprint density at radius 2 is 1.87 bits per heavy atom. The van der Waals surface area contributed by atoms with Crippen molar-refractivity contribution in [2.45, 2.75) is 38.3 Å². The summed E-state index contributed by atoms with van der Waals surface area (Å²) in [4.78, 5) is 36.6. The molecule has 198 valence electrons. The van der Waals surface area contributed by atoms with Gasteiger partial charge in [0.15, 0.2) is 5.82 Å². The van der Waals surface area contributed by atoms with Gasteiger partial charge >= 0.3 is 6.03 Å². The molecule has 4 N–H and O–H groups in total. The zero-order valence-corrected chi connectivity index (χ0v) is 22.5. The zero-order chi connectivity index (χ0) is 26.9. The van der Waals surface area contributed by atoms with Crippen LogP contribution in [0.3, 0.4) is 0 Å². The number of carbonyl (C=O) groups is 2. The average molecular weight is 554 g/mol. The molecule has 2 aliphatic heterocycles. The minimum absolute atomic E-state index is 0.0609. The van der Waals surface area contributed by atoms with Gasteiger partial charge in [-0.3, -0.25) is 15.0 Å². The molecule has 2 fully saturated rings. The molecule has 3 heterocycles. The van der Waals surface area contributed by atoms with E-state index in [0.29, 0.717) is 46.6 Å². The van der Waals surface area contributed by atoms with Gasteiger partial charge < -0.3 is 16.0 Å². The molecule has 3 aromatic rings. The Kier molecular flexibility index (Phi) is 7.43. The van der Waals surface area contributed by atoms with E-state index in [9.17, 15) is 9.59 Å². The van der Waals surface area contributed by atoms with E-state index in [-0.39, 0.29) is 17.5 Å². The fourth-order valence-corrected chi connectivity index (χ4v) is 5.20. The van der Waals surface area contributed by atoms with Gasteiger partial charge in [-0.1, -0.05) is 47.5 Å². The fraction of sp³-hybridized carbons (Fsp3) is 0.333. The predicted molar refractivity (Wildman–Crippen MR) is 151 cm³/mol. The molecule has 1 aromatic heterocycles. The number of nitrogen functional groups attached to an aromatic ring is 1. The van der Waals surface area contributed by atoms with E-state index in [1.54, 1.807) is 23.2 Å². The van der Waals surface area contributed by atoms with E-state index in [0.717, 1.165) is 43.0 Å². The highest BCUT2D eigenvalue weighted by Crippen LogP contribution is 2.35. The number of carbonyl (C=O) groups excluding carboxylic acids is 2. The van der Waals surface area contributed by atoms with Crippen molar-refractivity contribution >= 4 is 52.5 Å². The van der Waals surface area contributed by atoms with Crippen LogP contribution >= 0.6 is 23.2 Å². The highest BCUT2D eigenvalue weighted by atomic mass is 35.5. The maximum atomic E-state index is 12.2. The lowest BCUT2D eigenvalue weighted by Crippen LogP contribution is -2.51. The number of rotatable bonds is 6. The summed E-state index contributed by atoms with van der Waals surface area (Å²) in [5, 5.41) is 6.92. The molecule has 11 heteroatoms. The highest BCUT2D eigenvalue weighted by Gasteiger charge is 2.31. The molecular weight excluding hydrogens is 525 g/mol. The second kappa shape index (κ2) is 10.8. The molecule has 0 aliphatic carbocycles. The predicted octanol–water partition coefficient (Wildman–Crippen LogP) is 4.63. The van der Waals surface area contributed by atoms with Gasteiger partial charge in [0.25, 0.3) is 0 Å². The van der Waals surface area contributed by atoms with E-state index < -0.39 is 0 Å². The van der Waals surface area contributed by atoms with Gasteiger partial charge in [0, 0.05) is 49.4 Å². The van der Waals surface area contributed by atoms with Gasteiger partial charge in [-0.2, -0.15) is 0 Å². The van der Waals surface area contributed by atoms with Crippen LogP contribution in [0.5, 0.6) is 0 Å². The monoisotopic (exact) mass is 553 g/mol. The van der Waals surface area contributed by atoms with E-state index in [4.69, 9.17) is 28.9 Å². The number of nitrogens with one attached hydrogen (secondary N) is 2. The number of halogens is 2. The summed E-state index contributed by atoms with van der Waals surface area (Å²) >= 11 is 12.5. The van der Waals surface area contributed by atoms with Gasteiger partial charge in [0.05, 0.1) is 16.2 Å². The minimum atomic E-state index is -0.377. The lowest BCUT2D eigenvalue weighted by Gasteiger charge is -2.40.